The van der Waals surface area contributed by atoms with Gasteiger partial charge < -0.3 is 4.74 Å². The van der Waals surface area contributed by atoms with Gasteiger partial charge in [0, 0.05) is 29.2 Å². The predicted molar refractivity (Wildman–Crippen MR) is 157 cm³/mol. The molecule has 0 spiro atoms. The van der Waals surface area contributed by atoms with Gasteiger partial charge in [0.1, 0.15) is 11.6 Å². The highest BCUT2D eigenvalue weighted by molar-refractivity contribution is 6.10. The molecule has 3 aromatic carbocycles. The number of nitrogens with zero attached hydrogens (tertiary/aromatic N) is 3. The second kappa shape index (κ2) is 9.79. The van der Waals surface area contributed by atoms with Gasteiger partial charge in [-0.2, -0.15) is 0 Å². The van der Waals surface area contributed by atoms with E-state index < -0.39 is 0 Å². The minimum Gasteiger partial charge on any atom is -0.439 e. The van der Waals surface area contributed by atoms with Crippen LogP contribution in [0.3, 0.4) is 0 Å². The van der Waals surface area contributed by atoms with Crippen molar-refractivity contribution in [2.75, 3.05) is 0 Å². The molecule has 0 saturated carbocycles. The fourth-order valence-corrected chi connectivity index (χ4v) is 4.97. The van der Waals surface area contributed by atoms with Gasteiger partial charge >= 0.3 is 0 Å². The number of hydrogen-bond acceptors (Lipinski definition) is 3. The highest BCUT2D eigenvalue weighted by atomic mass is 16.5. The number of fused-ring (bicyclic) bond motifs is 3. The molecule has 0 amide bonds. The van der Waals surface area contributed by atoms with Crippen LogP contribution in [0, 0.1) is 0 Å². The Labute approximate surface area is 223 Å². The molecule has 0 radical (unpaired) electrons. The summed E-state index contributed by atoms with van der Waals surface area (Å²) in [7, 11) is 0. The van der Waals surface area contributed by atoms with Gasteiger partial charge in [0.2, 0.25) is 5.88 Å². The van der Waals surface area contributed by atoms with Gasteiger partial charge in [0.05, 0.1) is 11.0 Å². The maximum absolute atomic E-state index is 6.11. The van der Waals surface area contributed by atoms with Crippen molar-refractivity contribution < 1.29 is 4.74 Å². The van der Waals surface area contributed by atoms with Crippen molar-refractivity contribution >= 4 is 21.8 Å². The summed E-state index contributed by atoms with van der Waals surface area (Å²) >= 11 is 0. The number of para-hydroxylation sites is 1. The van der Waals surface area contributed by atoms with Crippen molar-refractivity contribution in [3.8, 4) is 28.6 Å². The summed E-state index contributed by atoms with van der Waals surface area (Å²) in [6, 6.07) is 31.7. The number of rotatable bonds is 6. The van der Waals surface area contributed by atoms with Crippen LogP contribution in [0.25, 0.3) is 38.8 Å². The van der Waals surface area contributed by atoms with Crippen LogP contribution < -0.4 is 4.74 Å². The molecule has 0 fully saturated rings. The Morgan fingerprint density at radius 2 is 1.42 bits per heavy atom. The molecule has 0 aliphatic rings. The Morgan fingerprint density at radius 3 is 2.21 bits per heavy atom. The molecule has 0 saturated heterocycles. The molecular weight excluding hydrogens is 466 g/mol. The molecule has 6 rings (SSSR count). The average molecular weight is 498 g/mol. The number of benzene rings is 3. The lowest BCUT2D eigenvalue weighted by atomic mass is 10.0. The zero-order chi connectivity index (χ0) is 26.2. The third-order valence-corrected chi connectivity index (χ3v) is 7.15. The van der Waals surface area contributed by atoms with Gasteiger partial charge in [0.15, 0.2) is 0 Å². The first-order valence-electron chi connectivity index (χ1n) is 13.2. The van der Waals surface area contributed by atoms with Gasteiger partial charge in [0.25, 0.3) is 0 Å². The molecule has 0 atom stereocenters. The topological polar surface area (TPSA) is 39.9 Å². The van der Waals surface area contributed by atoms with Crippen LogP contribution in [0.1, 0.15) is 50.7 Å². The Kier molecular flexibility index (Phi) is 6.16. The number of ether oxygens (including phenoxy) is 1. The quantitative estimate of drug-likeness (QED) is 0.230. The summed E-state index contributed by atoms with van der Waals surface area (Å²) in [5, 5.41) is 2.43. The maximum Gasteiger partial charge on any atom is 0.219 e. The van der Waals surface area contributed by atoms with Crippen molar-refractivity contribution in [2.45, 2.75) is 39.5 Å². The van der Waals surface area contributed by atoms with Gasteiger partial charge in [-0.3, -0.25) is 4.57 Å². The second-order valence-electron chi connectivity index (χ2n) is 10.4. The van der Waals surface area contributed by atoms with Crippen molar-refractivity contribution in [1.29, 1.82) is 0 Å². The molecular formula is C34H31N3O. The highest BCUT2D eigenvalue weighted by Gasteiger charge is 2.15. The lowest BCUT2D eigenvalue weighted by Gasteiger charge is -2.12. The molecule has 38 heavy (non-hydrogen) atoms. The van der Waals surface area contributed by atoms with E-state index in [2.05, 4.69) is 110 Å². The minimum absolute atomic E-state index is 0.430. The van der Waals surface area contributed by atoms with Crippen LogP contribution in [0.4, 0.5) is 0 Å². The third-order valence-electron chi connectivity index (χ3n) is 7.15. The summed E-state index contributed by atoms with van der Waals surface area (Å²) in [5.41, 5.74) is 6.97. The molecule has 0 unspecified atom stereocenters. The van der Waals surface area contributed by atoms with E-state index in [4.69, 9.17) is 9.72 Å². The van der Waals surface area contributed by atoms with Crippen LogP contribution in [0.2, 0.25) is 0 Å². The Morgan fingerprint density at radius 1 is 0.632 bits per heavy atom. The van der Waals surface area contributed by atoms with E-state index >= 15 is 0 Å². The van der Waals surface area contributed by atoms with E-state index in [1.165, 1.54) is 21.9 Å². The first-order chi connectivity index (χ1) is 18.5. The molecule has 0 N–H and O–H groups in total. The fourth-order valence-electron chi connectivity index (χ4n) is 4.97. The summed E-state index contributed by atoms with van der Waals surface area (Å²) in [6.07, 6.45) is 3.80. The number of hydrogen-bond donors (Lipinski definition) is 0. The monoisotopic (exact) mass is 497 g/mol. The summed E-state index contributed by atoms with van der Waals surface area (Å²) in [5.74, 6) is 3.16. The Hall–Kier alpha value is -4.44. The smallest absolute Gasteiger partial charge is 0.219 e. The molecule has 4 nitrogen and oxygen atoms in total. The van der Waals surface area contributed by atoms with Crippen LogP contribution in [0.15, 0.2) is 103 Å². The lowest BCUT2D eigenvalue weighted by molar-refractivity contribution is 0.462. The molecule has 188 valence electrons. The summed E-state index contributed by atoms with van der Waals surface area (Å²) in [4.78, 5) is 9.28. The highest BCUT2D eigenvalue weighted by Crippen LogP contribution is 2.35. The molecule has 0 aliphatic carbocycles. The normalized spacial score (nSPS) is 11.6. The molecule has 3 heterocycles. The molecule has 3 aromatic heterocycles. The van der Waals surface area contributed by atoms with Crippen LogP contribution >= 0.6 is 0 Å². The Balaban J connectivity index is 1.43. The Bertz CT molecular complexity index is 1750. The van der Waals surface area contributed by atoms with E-state index in [-0.39, 0.29) is 0 Å². The van der Waals surface area contributed by atoms with Crippen LogP contribution in [-0.2, 0) is 0 Å². The first kappa shape index (κ1) is 23.9. The molecule has 4 heteroatoms. The van der Waals surface area contributed by atoms with Crippen molar-refractivity contribution in [3.63, 3.8) is 0 Å². The number of pyridine rings is 2. The van der Waals surface area contributed by atoms with Crippen LogP contribution in [0.5, 0.6) is 11.6 Å². The lowest BCUT2D eigenvalue weighted by Crippen LogP contribution is -1.99. The van der Waals surface area contributed by atoms with E-state index in [0.717, 1.165) is 33.7 Å². The van der Waals surface area contributed by atoms with Gasteiger partial charge in [-0.25, -0.2) is 9.97 Å². The van der Waals surface area contributed by atoms with Gasteiger partial charge in [-0.1, -0.05) is 76.2 Å². The van der Waals surface area contributed by atoms with Crippen molar-refractivity contribution in [1.82, 2.24) is 14.5 Å². The van der Waals surface area contributed by atoms with Gasteiger partial charge in [-0.05, 0) is 70.5 Å². The van der Waals surface area contributed by atoms with Gasteiger partial charge in [-0.15, -0.1) is 0 Å². The van der Waals surface area contributed by atoms with E-state index in [0.29, 0.717) is 17.7 Å². The van der Waals surface area contributed by atoms with Crippen molar-refractivity contribution in [2.24, 2.45) is 0 Å². The minimum atomic E-state index is 0.430. The first-order valence-corrected chi connectivity index (χ1v) is 13.2. The molecule has 6 aromatic rings. The maximum atomic E-state index is 6.11. The van der Waals surface area contributed by atoms with E-state index in [9.17, 15) is 0 Å². The average Bonchev–Trinajstić information content (AvgIpc) is 3.27. The zero-order valence-corrected chi connectivity index (χ0v) is 22.2. The predicted octanol–water partition coefficient (Wildman–Crippen LogP) is 9.28. The molecule has 0 aliphatic heterocycles. The summed E-state index contributed by atoms with van der Waals surface area (Å²) < 4.78 is 8.39. The van der Waals surface area contributed by atoms with E-state index in [1.807, 2.05) is 30.6 Å². The fraction of sp³-hybridized carbons (Fsp3) is 0.176. The van der Waals surface area contributed by atoms with Crippen LogP contribution in [-0.4, -0.2) is 14.5 Å². The van der Waals surface area contributed by atoms with Crippen molar-refractivity contribution in [3.05, 3.63) is 115 Å². The third kappa shape index (κ3) is 4.43. The largest absolute Gasteiger partial charge is 0.439 e. The number of aromatic nitrogens is 3. The standard InChI is InChI=1S/C34H31N3O/c1-22(2)24-16-17-35-33(20-24)37-31-11-6-5-10-29(31)30-14-12-26(19-32(30)37)25-8-7-9-28(18-25)38-34-15-13-27(21-36-34)23(3)4/h5-23H,1-4H3. The van der Waals surface area contributed by atoms with E-state index in [1.54, 1.807) is 0 Å². The zero-order valence-electron chi connectivity index (χ0n) is 22.2. The summed E-state index contributed by atoms with van der Waals surface area (Å²) in [6.45, 7) is 8.75. The SMILES string of the molecule is CC(C)c1ccc(Oc2cccc(-c3ccc4c5ccccc5n(-c5cc(C(C)C)ccn5)c4c3)c2)nc1. The second-order valence-corrected chi connectivity index (χ2v) is 10.4. The molecule has 0 bridgehead atoms.